The minimum absolute atomic E-state index is 0.100. The van der Waals surface area contributed by atoms with Crippen LogP contribution in [-0.2, 0) is 6.61 Å². The number of ether oxygens (including phenoxy) is 2. The molecule has 0 amide bonds. The van der Waals surface area contributed by atoms with Gasteiger partial charge in [-0.1, -0.05) is 12.1 Å². The number of halogens is 1. The van der Waals surface area contributed by atoms with Gasteiger partial charge in [-0.15, -0.1) is 0 Å². The molecule has 0 atom stereocenters. The Bertz CT molecular complexity index is 561. The van der Waals surface area contributed by atoms with Crippen LogP contribution in [0, 0.1) is 5.82 Å². The highest BCUT2D eigenvalue weighted by atomic mass is 19.1. The van der Waals surface area contributed by atoms with Crippen LogP contribution in [0.5, 0.6) is 11.8 Å². The number of nitrogens with one attached hydrogen (secondary N) is 1. The molecule has 5 heteroatoms. The fourth-order valence-electron chi connectivity index (χ4n) is 1.68. The minimum atomic E-state index is -0.310. The van der Waals surface area contributed by atoms with Crippen molar-refractivity contribution >= 4 is 5.69 Å². The molecule has 0 saturated carbocycles. The van der Waals surface area contributed by atoms with Gasteiger partial charge in [0.25, 0.3) is 0 Å². The predicted octanol–water partition coefficient (Wildman–Crippen LogP) is 2.85. The summed E-state index contributed by atoms with van der Waals surface area (Å²) < 4.78 is 24.2. The standard InChI is InChI=1S/C14H15FN2O2/c1-16-12-6-3-5-11(15)10(12)9-19-14-8-4-7-13(17-14)18-2/h3-8,16H,9H2,1-2H3. The van der Waals surface area contributed by atoms with Gasteiger partial charge < -0.3 is 14.8 Å². The van der Waals surface area contributed by atoms with Gasteiger partial charge in [0.1, 0.15) is 12.4 Å². The van der Waals surface area contributed by atoms with Crippen LogP contribution < -0.4 is 14.8 Å². The molecule has 0 aliphatic rings. The maximum Gasteiger partial charge on any atom is 0.216 e. The number of rotatable bonds is 5. The van der Waals surface area contributed by atoms with Gasteiger partial charge in [-0.25, -0.2) is 4.39 Å². The van der Waals surface area contributed by atoms with E-state index in [9.17, 15) is 4.39 Å². The smallest absolute Gasteiger partial charge is 0.216 e. The number of hydrogen-bond donors (Lipinski definition) is 1. The summed E-state index contributed by atoms with van der Waals surface area (Å²) >= 11 is 0. The van der Waals surface area contributed by atoms with Crippen molar-refractivity contribution in [3.8, 4) is 11.8 Å². The van der Waals surface area contributed by atoms with Crippen molar-refractivity contribution in [3.63, 3.8) is 0 Å². The summed E-state index contributed by atoms with van der Waals surface area (Å²) in [6.45, 7) is 0.100. The van der Waals surface area contributed by atoms with E-state index in [1.54, 1.807) is 37.4 Å². The highest BCUT2D eigenvalue weighted by Gasteiger charge is 2.08. The van der Waals surface area contributed by atoms with Crippen molar-refractivity contribution in [1.29, 1.82) is 0 Å². The molecule has 0 bridgehead atoms. The lowest BCUT2D eigenvalue weighted by Crippen LogP contribution is -2.04. The van der Waals surface area contributed by atoms with E-state index in [0.717, 1.165) is 0 Å². The summed E-state index contributed by atoms with van der Waals surface area (Å²) in [6.07, 6.45) is 0. The fourth-order valence-corrected chi connectivity index (χ4v) is 1.68. The van der Waals surface area contributed by atoms with Crippen molar-refractivity contribution in [3.05, 3.63) is 47.8 Å². The summed E-state index contributed by atoms with van der Waals surface area (Å²) in [5.41, 5.74) is 1.16. The van der Waals surface area contributed by atoms with E-state index in [4.69, 9.17) is 9.47 Å². The highest BCUT2D eigenvalue weighted by molar-refractivity contribution is 5.51. The summed E-state index contributed by atoms with van der Waals surface area (Å²) in [5, 5.41) is 2.93. The number of anilines is 1. The van der Waals surface area contributed by atoms with Crippen molar-refractivity contribution in [1.82, 2.24) is 4.98 Å². The monoisotopic (exact) mass is 262 g/mol. The van der Waals surface area contributed by atoms with Gasteiger partial charge in [-0.05, 0) is 12.1 Å². The second-order valence-corrected chi connectivity index (χ2v) is 3.82. The Morgan fingerprint density at radius 3 is 2.63 bits per heavy atom. The number of nitrogens with zero attached hydrogens (tertiary/aromatic N) is 1. The van der Waals surface area contributed by atoms with E-state index < -0.39 is 0 Å². The molecule has 0 spiro atoms. The Morgan fingerprint density at radius 2 is 1.89 bits per heavy atom. The first-order chi connectivity index (χ1) is 9.24. The predicted molar refractivity (Wildman–Crippen MR) is 71.1 cm³/mol. The SMILES string of the molecule is CNc1cccc(F)c1COc1cccc(OC)n1. The lowest BCUT2D eigenvalue weighted by molar-refractivity contribution is 0.282. The zero-order valence-corrected chi connectivity index (χ0v) is 10.8. The minimum Gasteiger partial charge on any atom is -0.481 e. The number of methoxy groups -OCH3 is 1. The Labute approximate surface area is 111 Å². The third-order valence-corrected chi connectivity index (χ3v) is 2.66. The van der Waals surface area contributed by atoms with Gasteiger partial charge >= 0.3 is 0 Å². The Hall–Kier alpha value is -2.30. The highest BCUT2D eigenvalue weighted by Crippen LogP contribution is 2.21. The van der Waals surface area contributed by atoms with Crippen LogP contribution in [0.3, 0.4) is 0 Å². The molecule has 2 aromatic rings. The zero-order valence-electron chi connectivity index (χ0n) is 10.8. The van der Waals surface area contributed by atoms with Crippen molar-refractivity contribution in [2.75, 3.05) is 19.5 Å². The topological polar surface area (TPSA) is 43.4 Å². The molecular formula is C14H15FN2O2. The molecule has 1 heterocycles. The lowest BCUT2D eigenvalue weighted by atomic mass is 10.2. The molecule has 0 radical (unpaired) electrons. The third-order valence-electron chi connectivity index (χ3n) is 2.66. The summed E-state index contributed by atoms with van der Waals surface area (Å²) in [4.78, 5) is 4.10. The summed E-state index contributed by atoms with van der Waals surface area (Å²) in [6, 6.07) is 10.0. The van der Waals surface area contributed by atoms with Gasteiger partial charge in [0.2, 0.25) is 11.8 Å². The van der Waals surface area contributed by atoms with E-state index in [2.05, 4.69) is 10.3 Å². The molecule has 0 saturated heterocycles. The lowest BCUT2D eigenvalue weighted by Gasteiger charge is -2.11. The van der Waals surface area contributed by atoms with Gasteiger partial charge in [-0.2, -0.15) is 4.98 Å². The maximum absolute atomic E-state index is 13.7. The molecule has 1 aromatic heterocycles. The van der Waals surface area contributed by atoms with Crippen LogP contribution in [-0.4, -0.2) is 19.1 Å². The second kappa shape index (κ2) is 6.04. The molecule has 0 fully saturated rings. The molecule has 0 aliphatic heterocycles. The summed E-state index contributed by atoms with van der Waals surface area (Å²) in [5.74, 6) is 0.541. The van der Waals surface area contributed by atoms with Crippen LogP contribution in [0.4, 0.5) is 10.1 Å². The number of hydrogen-bond acceptors (Lipinski definition) is 4. The average molecular weight is 262 g/mol. The van der Waals surface area contributed by atoms with Gasteiger partial charge in [-0.3, -0.25) is 0 Å². The van der Waals surface area contributed by atoms with Crippen LogP contribution in [0.15, 0.2) is 36.4 Å². The van der Waals surface area contributed by atoms with E-state index >= 15 is 0 Å². The molecule has 1 N–H and O–H groups in total. The number of aromatic nitrogens is 1. The molecule has 1 aromatic carbocycles. The average Bonchev–Trinajstić information content (AvgIpc) is 2.46. The molecular weight excluding hydrogens is 247 g/mol. The van der Waals surface area contributed by atoms with E-state index in [1.807, 2.05) is 0 Å². The maximum atomic E-state index is 13.7. The fraction of sp³-hybridized carbons (Fsp3) is 0.214. The number of benzene rings is 1. The Morgan fingerprint density at radius 1 is 1.16 bits per heavy atom. The molecule has 0 aliphatic carbocycles. The Balaban J connectivity index is 2.14. The van der Waals surface area contributed by atoms with Crippen LogP contribution >= 0.6 is 0 Å². The van der Waals surface area contributed by atoms with Crippen molar-refractivity contribution < 1.29 is 13.9 Å². The molecule has 100 valence electrons. The first kappa shape index (κ1) is 13.1. The van der Waals surface area contributed by atoms with Crippen LogP contribution in [0.1, 0.15) is 5.56 Å². The molecule has 4 nitrogen and oxygen atoms in total. The second-order valence-electron chi connectivity index (χ2n) is 3.82. The summed E-state index contributed by atoms with van der Waals surface area (Å²) in [7, 11) is 3.27. The van der Waals surface area contributed by atoms with Gasteiger partial charge in [0.05, 0.1) is 7.11 Å². The van der Waals surface area contributed by atoms with Crippen molar-refractivity contribution in [2.45, 2.75) is 6.61 Å². The Kier molecular flexibility index (Phi) is 4.18. The van der Waals surface area contributed by atoms with Crippen molar-refractivity contribution in [2.24, 2.45) is 0 Å². The quantitative estimate of drug-likeness (QED) is 0.899. The molecule has 0 unspecified atom stereocenters. The van der Waals surface area contributed by atoms with Crippen LogP contribution in [0.25, 0.3) is 0 Å². The van der Waals surface area contributed by atoms with Gasteiger partial charge in [0, 0.05) is 30.4 Å². The normalized spacial score (nSPS) is 10.1. The van der Waals surface area contributed by atoms with Gasteiger partial charge in [0.15, 0.2) is 0 Å². The van der Waals surface area contributed by atoms with Crippen LogP contribution in [0.2, 0.25) is 0 Å². The number of pyridine rings is 1. The van der Waals surface area contributed by atoms with E-state index in [-0.39, 0.29) is 12.4 Å². The zero-order chi connectivity index (χ0) is 13.7. The largest absolute Gasteiger partial charge is 0.481 e. The third kappa shape index (κ3) is 3.13. The van der Waals surface area contributed by atoms with E-state index in [0.29, 0.717) is 23.0 Å². The first-order valence-electron chi connectivity index (χ1n) is 5.83. The molecule has 19 heavy (non-hydrogen) atoms. The first-order valence-corrected chi connectivity index (χ1v) is 5.83. The molecule has 2 rings (SSSR count). The van der Waals surface area contributed by atoms with E-state index in [1.165, 1.54) is 13.2 Å².